The Bertz CT molecular complexity index is 215. The molecule has 0 aromatic rings. The summed E-state index contributed by atoms with van der Waals surface area (Å²) >= 11 is -2.24. The van der Waals surface area contributed by atoms with Crippen molar-refractivity contribution in [3.63, 3.8) is 0 Å². The second-order valence-electron chi connectivity index (χ2n) is 2.15. The van der Waals surface area contributed by atoms with Crippen molar-refractivity contribution in [1.29, 1.82) is 0 Å². The molecule has 0 bridgehead atoms. The van der Waals surface area contributed by atoms with Gasteiger partial charge in [0.25, 0.3) is 0 Å². The summed E-state index contributed by atoms with van der Waals surface area (Å²) in [4.78, 5) is 0. The zero-order valence-corrected chi connectivity index (χ0v) is 7.41. The topological polar surface area (TPSA) is 71.4 Å². The third-order valence-corrected chi connectivity index (χ3v) is 4.54. The van der Waals surface area contributed by atoms with Crippen LogP contribution < -0.4 is 0 Å². The lowest BCUT2D eigenvalue weighted by Gasteiger charge is -2.02. The summed E-state index contributed by atoms with van der Waals surface area (Å²) < 4.78 is 39.9. The number of hydrogen-bond donors (Lipinski definition) is 1. The maximum atomic E-state index is 10.8. The lowest BCUT2D eigenvalue weighted by atomic mass is 10.6. The van der Waals surface area contributed by atoms with Crippen LogP contribution in [0.4, 0.5) is 0 Å². The fourth-order valence-corrected chi connectivity index (χ4v) is 2.49. The Morgan fingerprint density at radius 1 is 1.50 bits per heavy atom. The minimum atomic E-state index is -3.35. The van der Waals surface area contributed by atoms with Gasteiger partial charge in [0, 0.05) is 0 Å². The summed E-state index contributed by atoms with van der Waals surface area (Å²) in [6, 6.07) is 0. The summed E-state index contributed by atoms with van der Waals surface area (Å²) in [5.74, 6) is 0. The lowest BCUT2D eigenvalue weighted by molar-refractivity contribution is 0.563. The molecule has 1 atom stereocenters. The second kappa shape index (κ2) is 3.45. The van der Waals surface area contributed by atoms with E-state index in [0.29, 0.717) is 0 Å². The van der Waals surface area contributed by atoms with Crippen LogP contribution in [0.2, 0.25) is 0 Å². The van der Waals surface area contributed by atoms with Crippen molar-refractivity contribution in [2.24, 2.45) is 0 Å². The Hall–Kier alpha value is 0.0600. The van der Waals surface area contributed by atoms with Gasteiger partial charge in [-0.1, -0.05) is 0 Å². The van der Waals surface area contributed by atoms with Crippen LogP contribution in [0.25, 0.3) is 0 Å². The summed E-state index contributed by atoms with van der Waals surface area (Å²) in [7, 11) is -3.35. The molecule has 1 unspecified atom stereocenters. The molecule has 0 aliphatic carbocycles. The summed E-state index contributed by atoms with van der Waals surface area (Å²) in [6.45, 7) is 2.95. The lowest BCUT2D eigenvalue weighted by Crippen LogP contribution is -2.20. The molecule has 4 nitrogen and oxygen atoms in total. The first-order valence-electron chi connectivity index (χ1n) is 2.65. The van der Waals surface area contributed by atoms with E-state index < -0.39 is 31.3 Å². The Balaban J connectivity index is 4.31. The third kappa shape index (κ3) is 3.28. The maximum Gasteiger partial charge on any atom is 0.168 e. The molecular weight excluding hydrogens is 176 g/mol. The largest absolute Gasteiger partial charge is 0.305 e. The van der Waals surface area contributed by atoms with Gasteiger partial charge in [-0.05, 0) is 13.8 Å². The van der Waals surface area contributed by atoms with Crippen LogP contribution in [0.1, 0.15) is 13.8 Å². The highest BCUT2D eigenvalue weighted by Crippen LogP contribution is 2.00. The highest BCUT2D eigenvalue weighted by atomic mass is 32.3. The molecule has 1 N–H and O–H groups in total. The van der Waals surface area contributed by atoms with E-state index in [4.69, 9.17) is 4.55 Å². The van der Waals surface area contributed by atoms with Crippen LogP contribution in [-0.4, -0.2) is 27.5 Å². The number of rotatable bonds is 3. The monoisotopic (exact) mass is 186 g/mol. The standard InChI is InChI=1S/C4H10O4S2/c1-4(2)10(7,8)3-9(5)6/h4H,3H2,1-2H3,(H,5,6). The maximum absolute atomic E-state index is 10.8. The summed E-state index contributed by atoms with van der Waals surface area (Å²) in [6.07, 6.45) is 0. The van der Waals surface area contributed by atoms with E-state index in [-0.39, 0.29) is 0 Å². The molecule has 0 aromatic carbocycles. The van der Waals surface area contributed by atoms with Crippen LogP contribution in [0, 0.1) is 0 Å². The molecule has 0 spiro atoms. The van der Waals surface area contributed by atoms with Crippen molar-refractivity contribution in [3.8, 4) is 0 Å². The van der Waals surface area contributed by atoms with Crippen molar-refractivity contribution in [1.82, 2.24) is 0 Å². The molecule has 0 fully saturated rings. The van der Waals surface area contributed by atoms with Crippen molar-refractivity contribution in [3.05, 3.63) is 0 Å². The van der Waals surface area contributed by atoms with Crippen molar-refractivity contribution >= 4 is 20.9 Å². The van der Waals surface area contributed by atoms with Crippen molar-refractivity contribution < 1.29 is 17.2 Å². The minimum absolute atomic E-state index is 0.580. The molecule has 62 valence electrons. The van der Waals surface area contributed by atoms with E-state index >= 15 is 0 Å². The number of hydrogen-bond acceptors (Lipinski definition) is 3. The van der Waals surface area contributed by atoms with Crippen LogP contribution >= 0.6 is 0 Å². The molecule has 0 radical (unpaired) electrons. The van der Waals surface area contributed by atoms with E-state index in [0.717, 1.165) is 0 Å². The summed E-state index contributed by atoms with van der Waals surface area (Å²) in [5.41, 5.74) is 0. The Morgan fingerprint density at radius 2 is 1.90 bits per heavy atom. The van der Waals surface area contributed by atoms with Crippen molar-refractivity contribution in [2.75, 3.05) is 5.08 Å². The smallest absolute Gasteiger partial charge is 0.168 e. The number of sulfone groups is 1. The Labute approximate surface area is 62.8 Å². The first-order valence-corrected chi connectivity index (χ1v) is 5.64. The molecule has 0 saturated heterocycles. The van der Waals surface area contributed by atoms with Gasteiger partial charge in [0.1, 0.15) is 0 Å². The quantitative estimate of drug-likeness (QED) is 0.629. The van der Waals surface area contributed by atoms with E-state index in [2.05, 4.69) is 0 Å². The second-order valence-corrected chi connectivity index (χ2v) is 6.01. The van der Waals surface area contributed by atoms with Gasteiger partial charge in [0.15, 0.2) is 26.0 Å². The Morgan fingerprint density at radius 3 is 2.00 bits per heavy atom. The fourth-order valence-electron chi connectivity index (χ4n) is 0.277. The van der Waals surface area contributed by atoms with Crippen molar-refractivity contribution in [2.45, 2.75) is 19.1 Å². The molecule has 10 heavy (non-hydrogen) atoms. The summed E-state index contributed by atoms with van der Waals surface area (Å²) in [5, 5.41) is -1.24. The Kier molecular flexibility index (Phi) is 3.47. The predicted octanol–water partition coefficient (Wildman–Crippen LogP) is -0.0112. The average molecular weight is 186 g/mol. The molecule has 0 amide bonds. The minimum Gasteiger partial charge on any atom is -0.305 e. The predicted molar refractivity (Wildman–Crippen MR) is 39.7 cm³/mol. The van der Waals surface area contributed by atoms with Crippen LogP contribution in [0.3, 0.4) is 0 Å². The highest BCUT2D eigenvalue weighted by Gasteiger charge is 2.18. The van der Waals surface area contributed by atoms with E-state index in [1.54, 1.807) is 0 Å². The van der Waals surface area contributed by atoms with Gasteiger partial charge < -0.3 is 4.55 Å². The normalized spacial score (nSPS) is 15.6. The molecule has 6 heteroatoms. The SMILES string of the molecule is CC(C)S(=O)(=O)CS(=O)O. The molecule has 0 aliphatic rings. The zero-order valence-electron chi connectivity index (χ0n) is 5.77. The van der Waals surface area contributed by atoms with Gasteiger partial charge in [-0.25, -0.2) is 12.6 Å². The van der Waals surface area contributed by atoms with Crippen LogP contribution in [0.5, 0.6) is 0 Å². The van der Waals surface area contributed by atoms with E-state index in [1.807, 2.05) is 0 Å². The molecule has 0 aromatic heterocycles. The van der Waals surface area contributed by atoms with Gasteiger partial charge in [0.05, 0.1) is 5.25 Å². The van der Waals surface area contributed by atoms with Gasteiger partial charge in [-0.2, -0.15) is 0 Å². The van der Waals surface area contributed by atoms with Gasteiger partial charge in [0.2, 0.25) is 0 Å². The van der Waals surface area contributed by atoms with Gasteiger partial charge in [-0.3, -0.25) is 0 Å². The van der Waals surface area contributed by atoms with Crippen LogP contribution in [0.15, 0.2) is 0 Å². The van der Waals surface area contributed by atoms with E-state index in [9.17, 15) is 12.6 Å². The molecule has 0 saturated carbocycles. The van der Waals surface area contributed by atoms with E-state index in [1.165, 1.54) is 13.8 Å². The molecule has 0 rings (SSSR count). The van der Waals surface area contributed by atoms with Gasteiger partial charge >= 0.3 is 0 Å². The molecule has 0 heterocycles. The fraction of sp³-hybridized carbons (Fsp3) is 1.00. The third-order valence-electron chi connectivity index (χ3n) is 0.983. The average Bonchev–Trinajstić information content (AvgIpc) is 1.60. The first-order chi connectivity index (χ1) is 4.36. The van der Waals surface area contributed by atoms with Crippen LogP contribution in [-0.2, 0) is 20.9 Å². The zero-order chi connectivity index (χ0) is 8.36. The molecular formula is C4H10O4S2. The first kappa shape index (κ1) is 10.1. The highest BCUT2D eigenvalue weighted by molar-refractivity contribution is 8.03. The van der Waals surface area contributed by atoms with Gasteiger partial charge in [-0.15, -0.1) is 0 Å². The molecule has 0 aliphatic heterocycles.